The number of hydrogen-bond donors (Lipinski definition) is 1. The van der Waals surface area contributed by atoms with Crippen molar-refractivity contribution in [3.63, 3.8) is 0 Å². The summed E-state index contributed by atoms with van der Waals surface area (Å²) in [6, 6.07) is 7.29. The molecule has 0 radical (unpaired) electrons. The first-order valence-corrected chi connectivity index (χ1v) is 7.30. The minimum atomic E-state index is -0.572. The predicted molar refractivity (Wildman–Crippen MR) is 82.7 cm³/mol. The van der Waals surface area contributed by atoms with Crippen molar-refractivity contribution in [1.82, 2.24) is 10.3 Å². The highest BCUT2D eigenvalue weighted by Crippen LogP contribution is 2.15. The number of ether oxygens (including phenoxy) is 2. The first-order chi connectivity index (χ1) is 10.8. The van der Waals surface area contributed by atoms with E-state index >= 15 is 0 Å². The molecule has 0 aliphatic carbocycles. The Kier molecular flexibility index (Phi) is 5.20. The molecule has 23 heavy (non-hydrogen) atoms. The first-order valence-electron chi connectivity index (χ1n) is 7.30. The fraction of sp³-hybridized carbons (Fsp3) is 0.438. The van der Waals surface area contributed by atoms with Crippen LogP contribution >= 0.6 is 0 Å². The topological polar surface area (TPSA) is 90.7 Å². The molecule has 7 nitrogen and oxygen atoms in total. The molecule has 0 fully saturated rings. The molecule has 1 heterocycles. The van der Waals surface area contributed by atoms with E-state index in [9.17, 15) is 9.59 Å². The van der Waals surface area contributed by atoms with Crippen LogP contribution in [0.25, 0.3) is 11.1 Å². The number of nitrogens with zero attached hydrogens (tertiary/aromatic N) is 1. The maximum absolute atomic E-state index is 11.6. The lowest BCUT2D eigenvalue weighted by molar-refractivity contribution is -0.145. The normalized spacial score (nSPS) is 11.3. The molecular formula is C16H20N2O5. The van der Waals surface area contributed by atoms with Crippen molar-refractivity contribution < 1.29 is 23.5 Å². The number of alkyl carbamates (subject to hydrolysis) is 1. The summed E-state index contributed by atoms with van der Waals surface area (Å²) in [5, 5.41) is 2.49. The molecule has 1 N–H and O–H groups in total. The Morgan fingerprint density at radius 3 is 2.70 bits per heavy atom. The summed E-state index contributed by atoms with van der Waals surface area (Å²) in [7, 11) is 0. The second-order valence-corrected chi connectivity index (χ2v) is 5.91. The molecule has 7 heteroatoms. The smallest absolute Gasteiger partial charge is 0.407 e. The van der Waals surface area contributed by atoms with Crippen molar-refractivity contribution in [3.05, 3.63) is 30.2 Å². The lowest BCUT2D eigenvalue weighted by Crippen LogP contribution is -2.33. The molecular weight excluding hydrogens is 300 g/mol. The van der Waals surface area contributed by atoms with Crippen LogP contribution in [-0.4, -0.2) is 29.2 Å². The van der Waals surface area contributed by atoms with Gasteiger partial charge in [-0.25, -0.2) is 9.78 Å². The number of oxazole rings is 1. The van der Waals surface area contributed by atoms with E-state index in [1.54, 1.807) is 26.8 Å². The molecule has 0 saturated heterocycles. The quantitative estimate of drug-likeness (QED) is 0.852. The third-order valence-corrected chi connectivity index (χ3v) is 2.69. The zero-order valence-electron chi connectivity index (χ0n) is 13.4. The van der Waals surface area contributed by atoms with E-state index in [1.165, 1.54) is 0 Å². The van der Waals surface area contributed by atoms with Crippen molar-refractivity contribution in [3.8, 4) is 0 Å². The van der Waals surface area contributed by atoms with Crippen LogP contribution in [0.3, 0.4) is 0 Å². The summed E-state index contributed by atoms with van der Waals surface area (Å²) in [5.74, 6) is -0.122. The van der Waals surface area contributed by atoms with Gasteiger partial charge in [-0.05, 0) is 32.9 Å². The first kappa shape index (κ1) is 16.8. The van der Waals surface area contributed by atoms with Crippen LogP contribution in [0.15, 0.2) is 28.7 Å². The molecule has 0 aliphatic rings. The van der Waals surface area contributed by atoms with Crippen LogP contribution < -0.4 is 5.32 Å². The van der Waals surface area contributed by atoms with Gasteiger partial charge < -0.3 is 19.2 Å². The summed E-state index contributed by atoms with van der Waals surface area (Å²) in [4.78, 5) is 27.2. The summed E-state index contributed by atoms with van der Waals surface area (Å²) >= 11 is 0. The van der Waals surface area contributed by atoms with Gasteiger partial charge in [-0.2, -0.15) is 0 Å². The highest BCUT2D eigenvalue weighted by atomic mass is 16.6. The molecule has 124 valence electrons. The number of aromatic nitrogens is 1. The van der Waals surface area contributed by atoms with E-state index in [1.807, 2.05) is 18.2 Å². The number of nitrogens with one attached hydrogen (secondary N) is 1. The monoisotopic (exact) mass is 320 g/mol. The SMILES string of the molecule is CC(C)(C)OC(=O)NCCC(=O)OCc1nc2ccccc2o1. The summed E-state index contributed by atoms with van der Waals surface area (Å²) in [5.41, 5.74) is 0.785. The van der Waals surface area contributed by atoms with Gasteiger partial charge in [-0.3, -0.25) is 4.79 Å². The fourth-order valence-electron chi connectivity index (χ4n) is 1.78. The van der Waals surface area contributed by atoms with Crippen molar-refractivity contribution in [2.45, 2.75) is 39.4 Å². The van der Waals surface area contributed by atoms with Gasteiger partial charge in [-0.15, -0.1) is 0 Å². The average Bonchev–Trinajstić information content (AvgIpc) is 2.86. The Morgan fingerprint density at radius 2 is 2.00 bits per heavy atom. The van der Waals surface area contributed by atoms with Gasteiger partial charge in [0.15, 0.2) is 12.2 Å². The van der Waals surface area contributed by atoms with E-state index in [0.29, 0.717) is 17.0 Å². The second kappa shape index (κ2) is 7.13. The summed E-state index contributed by atoms with van der Waals surface area (Å²) < 4.78 is 15.5. The summed E-state index contributed by atoms with van der Waals surface area (Å²) in [6.45, 7) is 5.39. The molecule has 0 bridgehead atoms. The van der Waals surface area contributed by atoms with Crippen molar-refractivity contribution in [2.75, 3.05) is 6.54 Å². The zero-order chi connectivity index (χ0) is 16.9. The number of fused-ring (bicyclic) bond motifs is 1. The molecule has 2 rings (SSSR count). The Morgan fingerprint density at radius 1 is 1.26 bits per heavy atom. The van der Waals surface area contributed by atoms with E-state index < -0.39 is 17.7 Å². The van der Waals surface area contributed by atoms with Crippen LogP contribution in [0.4, 0.5) is 4.79 Å². The molecule has 0 unspecified atom stereocenters. The van der Waals surface area contributed by atoms with Crippen molar-refractivity contribution in [1.29, 1.82) is 0 Å². The number of benzene rings is 1. The predicted octanol–water partition coefficient (Wildman–Crippen LogP) is 2.79. The zero-order valence-corrected chi connectivity index (χ0v) is 13.4. The minimum Gasteiger partial charge on any atom is -0.456 e. The van der Waals surface area contributed by atoms with Gasteiger partial charge in [0.1, 0.15) is 11.1 Å². The van der Waals surface area contributed by atoms with E-state index in [2.05, 4.69) is 10.3 Å². The van der Waals surface area contributed by atoms with Gasteiger partial charge in [0, 0.05) is 6.54 Å². The standard InChI is InChI=1S/C16H20N2O5/c1-16(2,3)23-15(20)17-9-8-14(19)21-10-13-18-11-6-4-5-7-12(11)22-13/h4-7H,8-10H2,1-3H3,(H,17,20). The second-order valence-electron chi connectivity index (χ2n) is 5.91. The van der Waals surface area contributed by atoms with Gasteiger partial charge in [0.2, 0.25) is 5.89 Å². The lowest BCUT2D eigenvalue weighted by Gasteiger charge is -2.19. The summed E-state index contributed by atoms with van der Waals surface area (Å²) in [6.07, 6.45) is -0.524. The third-order valence-electron chi connectivity index (χ3n) is 2.69. The van der Waals surface area contributed by atoms with Crippen molar-refractivity contribution >= 4 is 23.2 Å². The highest BCUT2D eigenvalue weighted by molar-refractivity contribution is 5.73. The fourth-order valence-corrected chi connectivity index (χ4v) is 1.78. The molecule has 0 aliphatic heterocycles. The highest BCUT2D eigenvalue weighted by Gasteiger charge is 2.16. The number of esters is 1. The Hall–Kier alpha value is -2.57. The number of para-hydroxylation sites is 2. The van der Waals surface area contributed by atoms with Gasteiger partial charge in [0.25, 0.3) is 0 Å². The molecule has 0 spiro atoms. The Bertz CT molecular complexity index is 654. The van der Waals surface area contributed by atoms with E-state index in [-0.39, 0.29) is 19.6 Å². The number of carbonyl (C=O) groups is 2. The van der Waals surface area contributed by atoms with Crippen LogP contribution in [0, 0.1) is 0 Å². The molecule has 1 amide bonds. The van der Waals surface area contributed by atoms with Gasteiger partial charge >= 0.3 is 12.1 Å². The average molecular weight is 320 g/mol. The molecule has 0 saturated carbocycles. The maximum Gasteiger partial charge on any atom is 0.407 e. The lowest BCUT2D eigenvalue weighted by atomic mass is 10.2. The number of carbonyl (C=O) groups excluding carboxylic acids is 2. The minimum absolute atomic E-state index is 0.0411. The number of amides is 1. The number of rotatable bonds is 5. The molecule has 0 atom stereocenters. The Labute approximate surface area is 134 Å². The molecule has 2 aromatic rings. The molecule has 1 aromatic heterocycles. The third kappa shape index (κ3) is 5.61. The van der Waals surface area contributed by atoms with E-state index in [0.717, 1.165) is 0 Å². The van der Waals surface area contributed by atoms with Gasteiger partial charge in [0.05, 0.1) is 6.42 Å². The number of hydrogen-bond acceptors (Lipinski definition) is 6. The van der Waals surface area contributed by atoms with Crippen LogP contribution in [0.2, 0.25) is 0 Å². The van der Waals surface area contributed by atoms with E-state index in [4.69, 9.17) is 13.9 Å². The maximum atomic E-state index is 11.6. The van der Waals surface area contributed by atoms with Crippen LogP contribution in [0.1, 0.15) is 33.1 Å². The Balaban J connectivity index is 1.70. The molecule has 1 aromatic carbocycles. The van der Waals surface area contributed by atoms with Crippen LogP contribution in [0.5, 0.6) is 0 Å². The van der Waals surface area contributed by atoms with Crippen molar-refractivity contribution in [2.24, 2.45) is 0 Å². The largest absolute Gasteiger partial charge is 0.456 e. The van der Waals surface area contributed by atoms with Crippen LogP contribution in [-0.2, 0) is 20.9 Å². The van der Waals surface area contributed by atoms with Gasteiger partial charge in [-0.1, -0.05) is 12.1 Å².